The van der Waals surface area contributed by atoms with E-state index in [-0.39, 0.29) is 51.0 Å². The highest BCUT2D eigenvalue weighted by molar-refractivity contribution is 5.98. The second kappa shape index (κ2) is 9.62. The summed E-state index contributed by atoms with van der Waals surface area (Å²) in [6.45, 7) is -1.65. The summed E-state index contributed by atoms with van der Waals surface area (Å²) >= 11 is 0. The number of benzene rings is 3. The molecule has 3 aromatic carbocycles. The zero-order valence-corrected chi connectivity index (χ0v) is 19.6. The van der Waals surface area contributed by atoms with Crippen molar-refractivity contribution >= 4 is 22.8 Å². The number of aromatic amines is 1. The van der Waals surface area contributed by atoms with Crippen LogP contribution in [-0.4, -0.2) is 62.5 Å². The van der Waals surface area contributed by atoms with Gasteiger partial charge in [0.05, 0.1) is 48.6 Å². The molecule has 0 aliphatic carbocycles. The lowest BCUT2D eigenvalue weighted by atomic mass is 9.79. The molecule has 1 heterocycles. The van der Waals surface area contributed by atoms with E-state index >= 15 is 0 Å². The van der Waals surface area contributed by atoms with Gasteiger partial charge in [0, 0.05) is 16.7 Å². The maximum Gasteiger partial charge on any atom is 0.321 e. The smallest absolute Gasteiger partial charge is 0.321 e. The standard InChI is InChI=1S/C26H23N5O6/c1-37-25(36)26(11-32,12-33)15-8-17(16-6-13(10-27)2-5-21(16)34)22(35)18(9-15)24-30-19-4-3-14(23(28)29)7-20(19)31-24/h2-9,32-35H,11-12H2,1H3,(H3,28,29)(H,30,31). The lowest BCUT2D eigenvalue weighted by Crippen LogP contribution is -2.44. The number of rotatable bonds is 7. The Morgan fingerprint density at radius 1 is 1.11 bits per heavy atom. The van der Waals surface area contributed by atoms with Crippen molar-refractivity contribution in [2.24, 2.45) is 5.73 Å². The molecule has 37 heavy (non-hydrogen) atoms. The number of fused-ring (bicyclic) bond motifs is 1. The Kier molecular flexibility index (Phi) is 6.54. The SMILES string of the molecule is COC(=O)C(CO)(CO)c1cc(-c2nc3ccc(C(=N)N)cc3[nH]2)c(O)c(-c2cc(C#N)ccc2O)c1. The lowest BCUT2D eigenvalue weighted by molar-refractivity contribution is -0.151. The number of nitrogens with two attached hydrogens (primary N) is 1. The minimum absolute atomic E-state index is 0.0159. The van der Waals surface area contributed by atoms with Crippen molar-refractivity contribution in [1.82, 2.24) is 9.97 Å². The van der Waals surface area contributed by atoms with Crippen LogP contribution in [0.2, 0.25) is 0 Å². The number of H-pyrrole nitrogens is 1. The van der Waals surface area contributed by atoms with E-state index in [1.54, 1.807) is 18.2 Å². The van der Waals surface area contributed by atoms with Crippen LogP contribution in [0, 0.1) is 16.7 Å². The first kappa shape index (κ1) is 25.2. The average molecular weight is 501 g/mol. The molecule has 0 fully saturated rings. The first-order chi connectivity index (χ1) is 17.7. The Morgan fingerprint density at radius 2 is 1.81 bits per heavy atom. The Bertz CT molecular complexity index is 1580. The molecule has 0 amide bonds. The van der Waals surface area contributed by atoms with Crippen LogP contribution in [0.5, 0.6) is 11.5 Å². The van der Waals surface area contributed by atoms with Gasteiger partial charge in [-0.3, -0.25) is 10.2 Å². The van der Waals surface area contributed by atoms with E-state index in [1.165, 1.54) is 30.3 Å². The maximum absolute atomic E-state index is 12.7. The maximum atomic E-state index is 12.7. The van der Waals surface area contributed by atoms with Crippen molar-refractivity contribution in [3.63, 3.8) is 0 Å². The van der Waals surface area contributed by atoms with Crippen molar-refractivity contribution in [3.8, 4) is 40.1 Å². The van der Waals surface area contributed by atoms with Gasteiger partial charge in [-0.25, -0.2) is 4.98 Å². The number of nitrogens with zero attached hydrogens (tertiary/aromatic N) is 2. The van der Waals surface area contributed by atoms with E-state index in [2.05, 4.69) is 9.97 Å². The average Bonchev–Trinajstić information content (AvgIpc) is 3.33. The highest BCUT2D eigenvalue weighted by atomic mass is 16.5. The largest absolute Gasteiger partial charge is 0.507 e. The zero-order chi connectivity index (χ0) is 26.9. The number of aromatic nitrogens is 2. The van der Waals surface area contributed by atoms with Gasteiger partial charge in [-0.1, -0.05) is 0 Å². The molecule has 11 heteroatoms. The highest BCUT2D eigenvalue weighted by Gasteiger charge is 2.42. The molecule has 0 atom stereocenters. The number of esters is 1. The van der Waals surface area contributed by atoms with E-state index in [1.807, 2.05) is 6.07 Å². The zero-order valence-electron chi connectivity index (χ0n) is 19.6. The minimum atomic E-state index is -1.91. The first-order valence-corrected chi connectivity index (χ1v) is 10.9. The monoisotopic (exact) mass is 501 g/mol. The summed E-state index contributed by atoms with van der Waals surface area (Å²) in [5.74, 6) is -1.53. The quantitative estimate of drug-likeness (QED) is 0.112. The van der Waals surface area contributed by atoms with Gasteiger partial charge in [0.1, 0.15) is 28.6 Å². The van der Waals surface area contributed by atoms with Gasteiger partial charge >= 0.3 is 5.97 Å². The minimum Gasteiger partial charge on any atom is -0.507 e. The molecule has 0 aliphatic heterocycles. The Balaban J connectivity index is 2.06. The molecular formula is C26H23N5O6. The fourth-order valence-electron chi connectivity index (χ4n) is 4.10. The third kappa shape index (κ3) is 4.20. The number of aliphatic hydroxyl groups is 2. The van der Waals surface area contributed by atoms with Crippen LogP contribution < -0.4 is 5.73 Å². The number of nitrogens with one attached hydrogen (secondary N) is 2. The second-order valence-electron chi connectivity index (χ2n) is 8.38. The number of hydrogen-bond donors (Lipinski definition) is 7. The van der Waals surface area contributed by atoms with Crippen molar-refractivity contribution in [2.75, 3.05) is 20.3 Å². The number of aromatic hydroxyl groups is 2. The molecule has 0 saturated carbocycles. The molecule has 11 nitrogen and oxygen atoms in total. The molecule has 0 bridgehead atoms. The van der Waals surface area contributed by atoms with Crippen LogP contribution in [0.15, 0.2) is 48.5 Å². The van der Waals surface area contributed by atoms with Crippen LogP contribution in [0.3, 0.4) is 0 Å². The van der Waals surface area contributed by atoms with Gasteiger partial charge < -0.3 is 35.9 Å². The predicted molar refractivity (Wildman–Crippen MR) is 134 cm³/mol. The van der Waals surface area contributed by atoms with Gasteiger partial charge in [0.15, 0.2) is 0 Å². The normalized spacial score (nSPS) is 11.3. The van der Waals surface area contributed by atoms with Crippen LogP contribution in [0.4, 0.5) is 0 Å². The van der Waals surface area contributed by atoms with Crippen LogP contribution in [0.1, 0.15) is 16.7 Å². The summed E-state index contributed by atoms with van der Waals surface area (Å²) in [5.41, 5.74) is 5.54. The first-order valence-electron chi connectivity index (χ1n) is 10.9. The fraction of sp³-hybridized carbons (Fsp3) is 0.154. The van der Waals surface area contributed by atoms with Crippen molar-refractivity contribution in [3.05, 3.63) is 65.2 Å². The number of carbonyl (C=O) groups excluding carboxylic acids is 1. The molecule has 0 unspecified atom stereocenters. The van der Waals surface area contributed by atoms with Gasteiger partial charge in [-0.05, 0) is 54.1 Å². The number of ether oxygens (including phenoxy) is 1. The van der Waals surface area contributed by atoms with Crippen LogP contribution in [-0.2, 0) is 14.9 Å². The van der Waals surface area contributed by atoms with E-state index < -0.39 is 24.6 Å². The van der Waals surface area contributed by atoms with Crippen molar-refractivity contribution in [1.29, 1.82) is 10.7 Å². The summed E-state index contributed by atoms with van der Waals surface area (Å²) < 4.78 is 4.85. The predicted octanol–water partition coefficient (Wildman–Crippen LogP) is 1.86. The van der Waals surface area contributed by atoms with Gasteiger partial charge in [-0.15, -0.1) is 0 Å². The topological polar surface area (TPSA) is 210 Å². The number of nitrogen functional groups attached to an aromatic ring is 1. The second-order valence-corrected chi connectivity index (χ2v) is 8.38. The van der Waals surface area contributed by atoms with E-state index in [0.717, 1.165) is 7.11 Å². The van der Waals surface area contributed by atoms with Crippen molar-refractivity contribution in [2.45, 2.75) is 5.41 Å². The number of phenols is 2. The summed E-state index contributed by atoms with van der Waals surface area (Å²) in [6.07, 6.45) is 0. The number of aliphatic hydroxyl groups excluding tert-OH is 2. The molecule has 0 saturated heterocycles. The Hall–Kier alpha value is -4.92. The molecule has 1 aromatic heterocycles. The van der Waals surface area contributed by atoms with Crippen LogP contribution in [0.25, 0.3) is 33.5 Å². The number of hydrogen-bond acceptors (Lipinski definition) is 9. The number of amidine groups is 1. The molecule has 188 valence electrons. The summed E-state index contributed by atoms with van der Waals surface area (Å²) in [4.78, 5) is 20.3. The third-order valence-corrected chi connectivity index (χ3v) is 6.24. The number of nitriles is 1. The highest BCUT2D eigenvalue weighted by Crippen LogP contribution is 2.44. The summed E-state index contributed by atoms with van der Waals surface area (Å²) in [6, 6.07) is 13.6. The van der Waals surface area contributed by atoms with E-state index in [9.17, 15) is 30.5 Å². The number of carbonyl (C=O) groups is 1. The molecule has 4 aromatic rings. The van der Waals surface area contributed by atoms with Crippen molar-refractivity contribution < 1.29 is 30.0 Å². The number of phenolic OH excluding ortho intramolecular Hbond substituents is 2. The van der Waals surface area contributed by atoms with Crippen LogP contribution >= 0.6 is 0 Å². The fourth-order valence-corrected chi connectivity index (χ4v) is 4.10. The van der Waals surface area contributed by atoms with E-state index in [4.69, 9.17) is 15.9 Å². The number of imidazole rings is 1. The molecule has 4 rings (SSSR count). The Morgan fingerprint density at radius 3 is 2.43 bits per heavy atom. The summed E-state index contributed by atoms with van der Waals surface area (Å²) in [5, 5.41) is 59.3. The Labute approximate surface area is 210 Å². The molecule has 0 aliphatic rings. The molecule has 0 radical (unpaired) electrons. The lowest BCUT2D eigenvalue weighted by Gasteiger charge is -2.28. The summed E-state index contributed by atoms with van der Waals surface area (Å²) in [7, 11) is 1.11. The van der Waals surface area contributed by atoms with Gasteiger partial charge in [0.25, 0.3) is 0 Å². The molecular weight excluding hydrogens is 478 g/mol. The number of methoxy groups -OCH3 is 1. The van der Waals surface area contributed by atoms with E-state index in [0.29, 0.717) is 16.6 Å². The van der Waals surface area contributed by atoms with Gasteiger partial charge in [-0.2, -0.15) is 5.26 Å². The molecule has 8 N–H and O–H groups in total. The third-order valence-electron chi connectivity index (χ3n) is 6.24. The molecule has 0 spiro atoms. The van der Waals surface area contributed by atoms with Gasteiger partial charge in [0.2, 0.25) is 0 Å².